The minimum absolute atomic E-state index is 0.101. The van der Waals surface area contributed by atoms with E-state index in [1.54, 1.807) is 6.92 Å². The lowest BCUT2D eigenvalue weighted by atomic mass is 10.0. The lowest BCUT2D eigenvalue weighted by Crippen LogP contribution is -2.21. The number of nitrogens with two attached hydrogens (primary N) is 1. The Labute approximate surface area is 122 Å². The smallest absolute Gasteiger partial charge is 0.304 e. The van der Waals surface area contributed by atoms with Crippen LogP contribution in [0.5, 0.6) is 0 Å². The highest BCUT2D eigenvalue weighted by Crippen LogP contribution is 2.21. The van der Waals surface area contributed by atoms with Crippen molar-refractivity contribution in [3.8, 4) is 0 Å². The summed E-state index contributed by atoms with van der Waals surface area (Å²) in [5, 5.41) is 13.1. The lowest BCUT2D eigenvalue weighted by molar-refractivity contribution is -0.387. The van der Waals surface area contributed by atoms with Crippen molar-refractivity contribution in [1.29, 1.82) is 0 Å². The Bertz CT molecular complexity index is 520. The maximum Gasteiger partial charge on any atom is 0.304 e. The summed E-state index contributed by atoms with van der Waals surface area (Å²) in [6, 6.07) is 3.40. The molecule has 0 radical (unpaired) electrons. The summed E-state index contributed by atoms with van der Waals surface area (Å²) in [6.07, 6.45) is 2.35. The van der Waals surface area contributed by atoms with Crippen LogP contribution in [0.15, 0.2) is 18.2 Å². The third-order valence-electron chi connectivity index (χ3n) is 3.16. The zero-order valence-corrected chi connectivity index (χ0v) is 12.1. The van der Waals surface area contributed by atoms with E-state index in [9.17, 15) is 19.3 Å². The SMILES string of the molecule is CC(N)CCCC(C)C(=O)Nc1ccc([N+](=O)[O-])c(F)c1. The number of amides is 1. The first-order valence-corrected chi connectivity index (χ1v) is 6.81. The zero-order valence-electron chi connectivity index (χ0n) is 12.1. The number of nitrogens with one attached hydrogen (secondary N) is 1. The van der Waals surface area contributed by atoms with Crippen molar-refractivity contribution in [1.82, 2.24) is 0 Å². The van der Waals surface area contributed by atoms with Gasteiger partial charge in [-0.25, -0.2) is 0 Å². The predicted octanol–water partition coefficient (Wildman–Crippen LogP) is 2.83. The number of hydrogen-bond acceptors (Lipinski definition) is 4. The summed E-state index contributed by atoms with van der Waals surface area (Å²) < 4.78 is 13.4. The number of nitrogens with zero attached hydrogens (tertiary/aromatic N) is 1. The Morgan fingerprint density at radius 2 is 2.10 bits per heavy atom. The second-order valence-corrected chi connectivity index (χ2v) is 5.22. The molecule has 0 spiro atoms. The average molecular weight is 297 g/mol. The van der Waals surface area contributed by atoms with Crippen LogP contribution in [0.25, 0.3) is 0 Å². The van der Waals surface area contributed by atoms with Gasteiger partial charge in [-0.1, -0.05) is 13.3 Å². The molecule has 0 aliphatic heterocycles. The molecule has 0 saturated carbocycles. The number of nitro groups is 1. The minimum atomic E-state index is -0.970. The first-order valence-electron chi connectivity index (χ1n) is 6.81. The average Bonchev–Trinajstić information content (AvgIpc) is 2.37. The van der Waals surface area contributed by atoms with E-state index >= 15 is 0 Å². The monoisotopic (exact) mass is 297 g/mol. The van der Waals surface area contributed by atoms with Crippen LogP contribution in [0.4, 0.5) is 15.8 Å². The number of halogens is 1. The van der Waals surface area contributed by atoms with Gasteiger partial charge in [0.1, 0.15) is 0 Å². The van der Waals surface area contributed by atoms with Gasteiger partial charge in [0.05, 0.1) is 4.92 Å². The molecule has 3 N–H and O–H groups in total. The number of carbonyl (C=O) groups is 1. The van der Waals surface area contributed by atoms with Gasteiger partial charge in [0.25, 0.3) is 0 Å². The number of benzene rings is 1. The molecule has 1 aromatic rings. The van der Waals surface area contributed by atoms with Gasteiger partial charge in [0.2, 0.25) is 11.7 Å². The molecule has 2 atom stereocenters. The van der Waals surface area contributed by atoms with E-state index in [1.807, 2.05) is 6.92 Å². The van der Waals surface area contributed by atoms with Crippen molar-refractivity contribution < 1.29 is 14.1 Å². The van der Waals surface area contributed by atoms with Crippen LogP contribution < -0.4 is 11.1 Å². The van der Waals surface area contributed by atoms with E-state index < -0.39 is 16.4 Å². The Balaban J connectivity index is 2.58. The van der Waals surface area contributed by atoms with Gasteiger partial charge >= 0.3 is 5.69 Å². The fourth-order valence-corrected chi connectivity index (χ4v) is 1.88. The molecule has 0 saturated heterocycles. The molecule has 0 aliphatic rings. The molecule has 1 amide bonds. The van der Waals surface area contributed by atoms with Gasteiger partial charge in [-0.15, -0.1) is 0 Å². The molecule has 0 aromatic heterocycles. The maximum absolute atomic E-state index is 13.4. The third kappa shape index (κ3) is 5.47. The summed E-state index contributed by atoms with van der Waals surface area (Å²) in [5.74, 6) is -1.45. The highest BCUT2D eigenvalue weighted by atomic mass is 19.1. The topological polar surface area (TPSA) is 98.3 Å². The molecule has 0 bridgehead atoms. The van der Waals surface area contributed by atoms with Crippen molar-refractivity contribution in [2.45, 2.75) is 39.2 Å². The molecule has 7 heteroatoms. The Hall–Kier alpha value is -2.02. The molecule has 0 heterocycles. The standard InChI is InChI=1S/C14H20FN3O3/c1-9(4-3-5-10(2)16)14(19)17-11-6-7-13(18(20)21)12(15)8-11/h6-10H,3-5,16H2,1-2H3,(H,17,19). The van der Waals surface area contributed by atoms with E-state index in [2.05, 4.69) is 5.32 Å². The van der Waals surface area contributed by atoms with Gasteiger partial charge in [0.15, 0.2) is 0 Å². The number of carbonyl (C=O) groups excluding carboxylic acids is 1. The quantitative estimate of drug-likeness (QED) is 0.597. The molecule has 1 aromatic carbocycles. The number of rotatable bonds is 7. The Morgan fingerprint density at radius 1 is 1.43 bits per heavy atom. The van der Waals surface area contributed by atoms with Gasteiger partial charge in [-0.3, -0.25) is 14.9 Å². The molecule has 116 valence electrons. The van der Waals surface area contributed by atoms with Gasteiger partial charge in [-0.2, -0.15) is 4.39 Å². The number of nitro benzene ring substituents is 1. The second-order valence-electron chi connectivity index (χ2n) is 5.22. The van der Waals surface area contributed by atoms with E-state index in [0.29, 0.717) is 6.42 Å². The van der Waals surface area contributed by atoms with Crippen molar-refractivity contribution in [3.05, 3.63) is 34.1 Å². The van der Waals surface area contributed by atoms with Crippen LogP contribution >= 0.6 is 0 Å². The molecular formula is C14H20FN3O3. The van der Waals surface area contributed by atoms with Crippen LogP contribution in [0.2, 0.25) is 0 Å². The number of anilines is 1. The highest BCUT2D eigenvalue weighted by Gasteiger charge is 2.17. The molecule has 21 heavy (non-hydrogen) atoms. The summed E-state index contributed by atoms with van der Waals surface area (Å²) in [5.41, 5.74) is 5.23. The van der Waals surface area contributed by atoms with Crippen molar-refractivity contribution in [2.75, 3.05) is 5.32 Å². The predicted molar refractivity (Wildman–Crippen MR) is 78.3 cm³/mol. The van der Waals surface area contributed by atoms with E-state index in [4.69, 9.17) is 5.73 Å². The molecule has 1 rings (SSSR count). The second kappa shape index (κ2) is 7.68. The summed E-state index contributed by atoms with van der Waals surface area (Å²) in [6.45, 7) is 3.68. The normalized spacial score (nSPS) is 13.5. The van der Waals surface area contributed by atoms with Gasteiger partial charge in [-0.05, 0) is 25.8 Å². The van der Waals surface area contributed by atoms with Crippen molar-refractivity contribution >= 4 is 17.3 Å². The zero-order chi connectivity index (χ0) is 16.0. The molecule has 2 unspecified atom stereocenters. The largest absolute Gasteiger partial charge is 0.328 e. The molecular weight excluding hydrogens is 277 g/mol. The van der Waals surface area contributed by atoms with Gasteiger partial charge in [0, 0.05) is 29.8 Å². The highest BCUT2D eigenvalue weighted by molar-refractivity contribution is 5.92. The molecule has 0 aliphatic carbocycles. The third-order valence-corrected chi connectivity index (χ3v) is 3.16. The minimum Gasteiger partial charge on any atom is -0.328 e. The number of hydrogen-bond donors (Lipinski definition) is 2. The summed E-state index contributed by atoms with van der Waals surface area (Å²) in [7, 11) is 0. The lowest BCUT2D eigenvalue weighted by Gasteiger charge is -2.13. The van der Waals surface area contributed by atoms with Crippen LogP contribution in [-0.4, -0.2) is 16.9 Å². The fraction of sp³-hybridized carbons (Fsp3) is 0.500. The summed E-state index contributed by atoms with van der Waals surface area (Å²) >= 11 is 0. The molecule has 6 nitrogen and oxygen atoms in total. The van der Waals surface area contributed by atoms with Gasteiger partial charge < -0.3 is 11.1 Å². The van der Waals surface area contributed by atoms with Crippen LogP contribution in [0, 0.1) is 21.8 Å². The van der Waals surface area contributed by atoms with Crippen molar-refractivity contribution in [3.63, 3.8) is 0 Å². The van der Waals surface area contributed by atoms with Crippen LogP contribution in [-0.2, 0) is 4.79 Å². The first-order chi connectivity index (χ1) is 9.81. The Kier molecular flexibility index (Phi) is 6.23. The Morgan fingerprint density at radius 3 is 2.62 bits per heavy atom. The van der Waals surface area contributed by atoms with E-state index in [1.165, 1.54) is 6.07 Å². The summed E-state index contributed by atoms with van der Waals surface area (Å²) in [4.78, 5) is 21.6. The molecule has 0 fully saturated rings. The van der Waals surface area contributed by atoms with Crippen LogP contribution in [0.3, 0.4) is 0 Å². The maximum atomic E-state index is 13.4. The fourth-order valence-electron chi connectivity index (χ4n) is 1.88. The van der Waals surface area contributed by atoms with Crippen molar-refractivity contribution in [2.24, 2.45) is 11.7 Å². The van der Waals surface area contributed by atoms with E-state index in [0.717, 1.165) is 25.0 Å². The van der Waals surface area contributed by atoms with E-state index in [-0.39, 0.29) is 23.6 Å². The first kappa shape index (κ1) is 17.0. The van der Waals surface area contributed by atoms with Crippen LogP contribution in [0.1, 0.15) is 33.1 Å².